The van der Waals surface area contributed by atoms with E-state index in [1.807, 2.05) is 0 Å². The summed E-state index contributed by atoms with van der Waals surface area (Å²) >= 11 is 0. The van der Waals surface area contributed by atoms with Crippen molar-refractivity contribution in [3.8, 4) is 0 Å². The van der Waals surface area contributed by atoms with Gasteiger partial charge in [-0.05, 0) is 18.9 Å². The van der Waals surface area contributed by atoms with E-state index in [2.05, 4.69) is 32.7 Å². The molecule has 0 spiro atoms. The molecule has 0 aliphatic carbocycles. The fraction of sp³-hybridized carbons (Fsp3) is 1.00. The van der Waals surface area contributed by atoms with Crippen molar-refractivity contribution in [2.24, 2.45) is 11.8 Å². The molecule has 2 unspecified atom stereocenters. The zero-order valence-corrected chi connectivity index (χ0v) is 8.71. The van der Waals surface area contributed by atoms with Gasteiger partial charge in [-0.2, -0.15) is 0 Å². The van der Waals surface area contributed by atoms with Crippen LogP contribution in [0.5, 0.6) is 0 Å². The fourth-order valence-corrected chi connectivity index (χ4v) is 2.05. The molecular weight excluding hydrogens is 150 g/mol. The van der Waals surface area contributed by atoms with E-state index in [0.717, 1.165) is 13.2 Å². The van der Waals surface area contributed by atoms with Crippen LogP contribution in [0.2, 0.25) is 0 Å². The van der Waals surface area contributed by atoms with E-state index >= 15 is 0 Å². The SMILES string of the molecule is CC(C)C1OCCN(C)CC1C. The van der Waals surface area contributed by atoms with E-state index in [9.17, 15) is 0 Å². The van der Waals surface area contributed by atoms with Crippen LogP contribution in [-0.2, 0) is 4.74 Å². The van der Waals surface area contributed by atoms with Gasteiger partial charge in [0.25, 0.3) is 0 Å². The third kappa shape index (κ3) is 2.46. The lowest BCUT2D eigenvalue weighted by Crippen LogP contribution is -2.31. The molecule has 1 saturated heterocycles. The lowest BCUT2D eigenvalue weighted by molar-refractivity contribution is 0.00512. The molecule has 1 aliphatic heterocycles. The Balaban J connectivity index is 2.51. The Hall–Kier alpha value is -0.0800. The number of hydrogen-bond acceptors (Lipinski definition) is 2. The minimum Gasteiger partial charge on any atom is -0.376 e. The topological polar surface area (TPSA) is 12.5 Å². The van der Waals surface area contributed by atoms with Crippen molar-refractivity contribution < 1.29 is 4.74 Å². The lowest BCUT2D eigenvalue weighted by Gasteiger charge is -2.25. The van der Waals surface area contributed by atoms with Crippen molar-refractivity contribution in [2.75, 3.05) is 26.7 Å². The second kappa shape index (κ2) is 4.24. The van der Waals surface area contributed by atoms with Crippen LogP contribution >= 0.6 is 0 Å². The van der Waals surface area contributed by atoms with Gasteiger partial charge in [0, 0.05) is 13.1 Å². The van der Waals surface area contributed by atoms with Crippen LogP contribution in [-0.4, -0.2) is 37.7 Å². The van der Waals surface area contributed by atoms with E-state index in [1.165, 1.54) is 6.54 Å². The van der Waals surface area contributed by atoms with Crippen molar-refractivity contribution >= 4 is 0 Å². The first-order valence-electron chi connectivity index (χ1n) is 4.91. The molecule has 0 amide bonds. The maximum atomic E-state index is 5.81. The van der Waals surface area contributed by atoms with Gasteiger partial charge in [-0.3, -0.25) is 0 Å². The highest BCUT2D eigenvalue weighted by Gasteiger charge is 2.25. The summed E-state index contributed by atoms with van der Waals surface area (Å²) in [5.74, 6) is 1.31. The summed E-state index contributed by atoms with van der Waals surface area (Å²) < 4.78 is 5.81. The van der Waals surface area contributed by atoms with Gasteiger partial charge >= 0.3 is 0 Å². The maximum Gasteiger partial charge on any atom is 0.0636 e. The zero-order chi connectivity index (χ0) is 9.14. The van der Waals surface area contributed by atoms with Gasteiger partial charge in [-0.1, -0.05) is 20.8 Å². The smallest absolute Gasteiger partial charge is 0.0636 e. The summed E-state index contributed by atoms with van der Waals surface area (Å²) in [6, 6.07) is 0. The molecular formula is C10H21NO. The van der Waals surface area contributed by atoms with Crippen molar-refractivity contribution in [3.05, 3.63) is 0 Å². The summed E-state index contributed by atoms with van der Waals surface area (Å²) in [5, 5.41) is 0. The van der Waals surface area contributed by atoms with Crippen LogP contribution in [0.15, 0.2) is 0 Å². The third-order valence-electron chi connectivity index (χ3n) is 2.60. The molecule has 0 aromatic heterocycles. The molecule has 2 heteroatoms. The van der Waals surface area contributed by atoms with Crippen molar-refractivity contribution in [1.82, 2.24) is 4.90 Å². The molecule has 0 radical (unpaired) electrons. The Morgan fingerprint density at radius 3 is 2.67 bits per heavy atom. The summed E-state index contributed by atoms with van der Waals surface area (Å²) in [5.41, 5.74) is 0. The van der Waals surface area contributed by atoms with Gasteiger partial charge in [-0.25, -0.2) is 0 Å². The number of nitrogens with zero attached hydrogens (tertiary/aromatic N) is 1. The predicted octanol–water partition coefficient (Wildman–Crippen LogP) is 1.61. The highest BCUT2D eigenvalue weighted by molar-refractivity contribution is 4.75. The number of rotatable bonds is 1. The largest absolute Gasteiger partial charge is 0.376 e. The second-order valence-corrected chi connectivity index (χ2v) is 4.32. The monoisotopic (exact) mass is 171 g/mol. The molecule has 0 saturated carbocycles. The lowest BCUT2D eigenvalue weighted by atomic mass is 9.94. The van der Waals surface area contributed by atoms with Crippen LogP contribution in [0.25, 0.3) is 0 Å². The van der Waals surface area contributed by atoms with Gasteiger partial charge in [-0.15, -0.1) is 0 Å². The quantitative estimate of drug-likeness (QED) is 0.594. The maximum absolute atomic E-state index is 5.81. The van der Waals surface area contributed by atoms with Crippen LogP contribution in [0.3, 0.4) is 0 Å². The normalized spacial score (nSPS) is 33.8. The minimum atomic E-state index is 0.454. The Labute approximate surface area is 75.9 Å². The van der Waals surface area contributed by atoms with E-state index < -0.39 is 0 Å². The van der Waals surface area contributed by atoms with Crippen LogP contribution < -0.4 is 0 Å². The Kier molecular flexibility index (Phi) is 3.53. The van der Waals surface area contributed by atoms with Crippen LogP contribution in [0.1, 0.15) is 20.8 Å². The summed E-state index contributed by atoms with van der Waals surface area (Å²) in [6.45, 7) is 9.91. The van der Waals surface area contributed by atoms with Gasteiger partial charge in [0.2, 0.25) is 0 Å². The second-order valence-electron chi connectivity index (χ2n) is 4.32. The van der Waals surface area contributed by atoms with E-state index in [0.29, 0.717) is 17.9 Å². The zero-order valence-electron chi connectivity index (χ0n) is 8.71. The highest BCUT2D eigenvalue weighted by atomic mass is 16.5. The molecule has 0 aromatic rings. The van der Waals surface area contributed by atoms with Gasteiger partial charge in [0.05, 0.1) is 12.7 Å². The number of likely N-dealkylation sites (N-methyl/N-ethyl adjacent to an activating group) is 1. The van der Waals surface area contributed by atoms with Crippen molar-refractivity contribution in [2.45, 2.75) is 26.9 Å². The summed E-state index contributed by atoms with van der Waals surface area (Å²) in [7, 11) is 2.17. The molecule has 0 aromatic carbocycles. The first-order valence-corrected chi connectivity index (χ1v) is 4.91. The molecule has 0 bridgehead atoms. The van der Waals surface area contributed by atoms with Crippen molar-refractivity contribution in [3.63, 3.8) is 0 Å². The van der Waals surface area contributed by atoms with Crippen LogP contribution in [0.4, 0.5) is 0 Å². The highest BCUT2D eigenvalue weighted by Crippen LogP contribution is 2.19. The summed E-state index contributed by atoms with van der Waals surface area (Å²) in [4.78, 5) is 2.35. The van der Waals surface area contributed by atoms with E-state index in [-0.39, 0.29) is 0 Å². The molecule has 0 N–H and O–H groups in total. The molecule has 1 aliphatic rings. The average Bonchev–Trinajstić information content (AvgIpc) is 2.10. The molecule has 1 rings (SSSR count). The van der Waals surface area contributed by atoms with Crippen LogP contribution in [0, 0.1) is 11.8 Å². The molecule has 2 nitrogen and oxygen atoms in total. The Morgan fingerprint density at radius 1 is 1.42 bits per heavy atom. The first kappa shape index (κ1) is 10.0. The molecule has 12 heavy (non-hydrogen) atoms. The molecule has 72 valence electrons. The standard InChI is InChI=1S/C10H21NO/c1-8(2)10-9(3)7-11(4)5-6-12-10/h8-10H,5-7H2,1-4H3. The number of ether oxygens (including phenoxy) is 1. The molecule has 2 atom stereocenters. The van der Waals surface area contributed by atoms with Crippen molar-refractivity contribution in [1.29, 1.82) is 0 Å². The third-order valence-corrected chi connectivity index (χ3v) is 2.60. The first-order chi connectivity index (χ1) is 5.61. The van der Waals surface area contributed by atoms with Gasteiger partial charge in [0.1, 0.15) is 0 Å². The Morgan fingerprint density at radius 2 is 2.08 bits per heavy atom. The fourth-order valence-electron chi connectivity index (χ4n) is 2.05. The van der Waals surface area contributed by atoms with E-state index in [4.69, 9.17) is 4.74 Å². The molecule has 1 fully saturated rings. The van der Waals surface area contributed by atoms with Gasteiger partial charge < -0.3 is 9.64 Å². The molecule has 1 heterocycles. The van der Waals surface area contributed by atoms with E-state index in [1.54, 1.807) is 0 Å². The minimum absolute atomic E-state index is 0.454. The predicted molar refractivity (Wildman–Crippen MR) is 51.2 cm³/mol. The summed E-state index contributed by atoms with van der Waals surface area (Å²) in [6.07, 6.45) is 0.454. The Bertz CT molecular complexity index is 136. The average molecular weight is 171 g/mol. The number of hydrogen-bond donors (Lipinski definition) is 0. The van der Waals surface area contributed by atoms with Gasteiger partial charge in [0.15, 0.2) is 0 Å².